The molecule has 118 valence electrons. The second kappa shape index (κ2) is 5.64. The van der Waals surface area contributed by atoms with Gasteiger partial charge in [-0.1, -0.05) is 16.8 Å². The molecule has 1 aliphatic carbocycles. The van der Waals surface area contributed by atoms with Gasteiger partial charge in [0.1, 0.15) is 6.61 Å². The minimum Gasteiger partial charge on any atom is -0.377 e. The Kier molecular flexibility index (Phi) is 3.96. The Balaban J connectivity index is 2.03. The smallest absolute Gasteiger partial charge is 0.248 e. The van der Waals surface area contributed by atoms with Gasteiger partial charge in [-0.25, -0.2) is 8.42 Å². The second-order valence-corrected chi connectivity index (χ2v) is 7.95. The van der Waals surface area contributed by atoms with E-state index >= 15 is 0 Å². The average molecular weight is 343 g/mol. The highest BCUT2D eigenvalue weighted by Gasteiger charge is 2.55. The number of hydrogen-bond donors (Lipinski definition) is 0. The molecule has 0 radical (unpaired) electrons. The van der Waals surface area contributed by atoms with Crippen LogP contribution in [0.25, 0.3) is 0 Å². The lowest BCUT2D eigenvalue weighted by atomic mass is 9.84. The van der Waals surface area contributed by atoms with Crippen LogP contribution < -0.4 is 0 Å². The van der Waals surface area contributed by atoms with E-state index in [2.05, 4.69) is 10.1 Å². The molecule has 0 atom stereocenters. The van der Waals surface area contributed by atoms with E-state index in [1.54, 1.807) is 12.1 Å². The summed E-state index contributed by atoms with van der Waals surface area (Å²) >= 11 is 5.83. The first-order valence-electron chi connectivity index (χ1n) is 6.82. The first kappa shape index (κ1) is 15.5. The lowest BCUT2D eigenvalue weighted by Crippen LogP contribution is -2.42. The Morgan fingerprint density at radius 2 is 2.00 bits per heavy atom. The van der Waals surface area contributed by atoms with Crippen molar-refractivity contribution in [3.63, 3.8) is 0 Å². The second-order valence-electron chi connectivity index (χ2n) is 5.25. The number of rotatable bonds is 5. The van der Waals surface area contributed by atoms with Crippen LogP contribution >= 0.6 is 11.6 Å². The maximum atomic E-state index is 13.0. The molecule has 1 aliphatic rings. The Labute approximate surface area is 133 Å². The van der Waals surface area contributed by atoms with Gasteiger partial charge in [0.25, 0.3) is 0 Å². The third-order valence-corrected chi connectivity index (χ3v) is 6.69. The van der Waals surface area contributed by atoms with E-state index in [9.17, 15) is 8.42 Å². The number of halogens is 1. The Morgan fingerprint density at radius 3 is 2.55 bits per heavy atom. The van der Waals surface area contributed by atoms with Crippen molar-refractivity contribution in [1.82, 2.24) is 10.1 Å². The molecule has 8 heteroatoms. The molecule has 1 aromatic heterocycles. The minimum absolute atomic E-state index is 0.140. The summed E-state index contributed by atoms with van der Waals surface area (Å²) in [6.45, 7) is 0.181. The van der Waals surface area contributed by atoms with Crippen molar-refractivity contribution in [2.24, 2.45) is 0 Å². The fourth-order valence-electron chi connectivity index (χ4n) is 2.56. The summed E-state index contributed by atoms with van der Waals surface area (Å²) in [4.78, 5) is 4.41. The van der Waals surface area contributed by atoms with Gasteiger partial charge in [-0.15, -0.1) is 0 Å². The molecule has 3 rings (SSSR count). The highest BCUT2D eigenvalue weighted by Crippen LogP contribution is 2.50. The highest BCUT2D eigenvalue weighted by atomic mass is 35.5. The van der Waals surface area contributed by atoms with E-state index in [0.717, 1.165) is 6.42 Å². The summed E-state index contributed by atoms with van der Waals surface area (Å²) in [7, 11) is -2.12. The number of hydrogen-bond acceptors (Lipinski definition) is 6. The van der Waals surface area contributed by atoms with Crippen LogP contribution in [0.5, 0.6) is 0 Å². The van der Waals surface area contributed by atoms with Crippen LogP contribution in [0.2, 0.25) is 5.02 Å². The van der Waals surface area contributed by atoms with Gasteiger partial charge in [-0.3, -0.25) is 0 Å². The monoisotopic (exact) mass is 342 g/mol. The fourth-order valence-corrected chi connectivity index (χ4v) is 4.77. The molecule has 0 saturated heterocycles. The number of methoxy groups -OCH3 is 1. The number of aromatic nitrogens is 2. The maximum absolute atomic E-state index is 13.0. The summed E-state index contributed by atoms with van der Waals surface area (Å²) in [6.07, 6.45) is 1.73. The van der Waals surface area contributed by atoms with Crippen LogP contribution in [0.1, 0.15) is 31.0 Å². The van der Waals surface area contributed by atoms with E-state index in [0.29, 0.717) is 23.7 Å². The minimum atomic E-state index is -3.63. The Bertz CT molecular complexity index is 766. The molecule has 1 heterocycles. The van der Waals surface area contributed by atoms with Crippen molar-refractivity contribution < 1.29 is 17.7 Å². The summed E-state index contributed by atoms with van der Waals surface area (Å²) in [5.74, 6) is 0.482. The van der Waals surface area contributed by atoms with Gasteiger partial charge in [0.05, 0.1) is 4.90 Å². The van der Waals surface area contributed by atoms with Crippen LogP contribution in [0, 0.1) is 0 Å². The van der Waals surface area contributed by atoms with Gasteiger partial charge >= 0.3 is 0 Å². The molecule has 0 unspecified atom stereocenters. The number of sulfone groups is 1. The molecule has 22 heavy (non-hydrogen) atoms. The first-order chi connectivity index (χ1) is 10.5. The molecule has 2 aromatic rings. The predicted molar refractivity (Wildman–Crippen MR) is 79.2 cm³/mol. The summed E-state index contributed by atoms with van der Waals surface area (Å²) < 4.78 is 35.0. The lowest BCUT2D eigenvalue weighted by Gasteiger charge is -2.37. The molecule has 6 nitrogen and oxygen atoms in total. The van der Waals surface area contributed by atoms with Crippen LogP contribution in [-0.4, -0.2) is 25.7 Å². The highest BCUT2D eigenvalue weighted by molar-refractivity contribution is 7.92. The van der Waals surface area contributed by atoms with E-state index in [-0.39, 0.29) is 17.4 Å². The van der Waals surface area contributed by atoms with Gasteiger partial charge in [-0.05, 0) is 43.5 Å². The van der Waals surface area contributed by atoms with Gasteiger partial charge in [0.2, 0.25) is 5.89 Å². The summed E-state index contributed by atoms with van der Waals surface area (Å²) in [5, 5.41) is 4.27. The molecule has 1 fully saturated rings. The van der Waals surface area contributed by atoms with E-state index in [4.69, 9.17) is 20.9 Å². The van der Waals surface area contributed by atoms with E-state index < -0.39 is 14.6 Å². The molecule has 0 aliphatic heterocycles. The zero-order valence-electron chi connectivity index (χ0n) is 12.0. The third-order valence-electron chi connectivity index (χ3n) is 3.93. The van der Waals surface area contributed by atoms with E-state index in [1.165, 1.54) is 19.2 Å². The van der Waals surface area contributed by atoms with Gasteiger partial charge in [-0.2, -0.15) is 4.98 Å². The van der Waals surface area contributed by atoms with Gasteiger partial charge < -0.3 is 9.26 Å². The molecule has 1 saturated carbocycles. The molecular formula is C14H15ClN2O4S. The molecule has 0 amide bonds. The largest absolute Gasteiger partial charge is 0.377 e. The Morgan fingerprint density at radius 1 is 1.32 bits per heavy atom. The van der Waals surface area contributed by atoms with Gasteiger partial charge in [0, 0.05) is 12.1 Å². The topological polar surface area (TPSA) is 82.3 Å². The van der Waals surface area contributed by atoms with Crippen molar-refractivity contribution in [3.8, 4) is 0 Å². The lowest BCUT2D eigenvalue weighted by molar-refractivity contribution is 0.174. The normalized spacial score (nSPS) is 17.2. The van der Waals surface area contributed by atoms with Crippen molar-refractivity contribution in [2.75, 3.05) is 7.11 Å². The standard InChI is InChI=1S/C14H15ClN2O4S/c1-20-9-12-16-13(21-17-12)14(7-2-8-14)22(18,19)11-5-3-10(15)4-6-11/h3-6H,2,7-9H2,1H3. The van der Waals surface area contributed by atoms with Crippen molar-refractivity contribution in [3.05, 3.63) is 41.0 Å². The molecule has 0 N–H and O–H groups in total. The number of nitrogens with zero attached hydrogens (tertiary/aromatic N) is 2. The first-order valence-corrected chi connectivity index (χ1v) is 8.68. The maximum Gasteiger partial charge on any atom is 0.248 e. The van der Waals surface area contributed by atoms with Crippen molar-refractivity contribution >= 4 is 21.4 Å². The zero-order chi connectivity index (χ0) is 15.8. The number of ether oxygens (including phenoxy) is 1. The fraction of sp³-hybridized carbons (Fsp3) is 0.429. The summed E-state index contributed by atoms with van der Waals surface area (Å²) in [6, 6.07) is 6.13. The average Bonchev–Trinajstić information content (AvgIpc) is 2.87. The van der Waals surface area contributed by atoms with Crippen LogP contribution in [-0.2, 0) is 25.9 Å². The third kappa shape index (κ3) is 2.33. The van der Waals surface area contributed by atoms with Crippen LogP contribution in [0.4, 0.5) is 0 Å². The molecule has 1 aromatic carbocycles. The number of benzene rings is 1. The van der Waals surface area contributed by atoms with Crippen LogP contribution in [0.3, 0.4) is 0 Å². The predicted octanol–water partition coefficient (Wildman–Crippen LogP) is 2.72. The van der Waals surface area contributed by atoms with Crippen molar-refractivity contribution in [1.29, 1.82) is 0 Å². The SMILES string of the molecule is COCc1noc(C2(S(=O)(=O)c3ccc(Cl)cc3)CCC2)n1. The quantitative estimate of drug-likeness (QED) is 0.830. The van der Waals surface area contributed by atoms with E-state index in [1.807, 2.05) is 0 Å². The molecule has 0 spiro atoms. The van der Waals surface area contributed by atoms with Crippen LogP contribution in [0.15, 0.2) is 33.7 Å². The summed E-state index contributed by atoms with van der Waals surface area (Å²) in [5.41, 5.74) is 0. The zero-order valence-corrected chi connectivity index (χ0v) is 13.5. The Hall–Kier alpha value is -1.44. The van der Waals surface area contributed by atoms with Crippen molar-refractivity contribution in [2.45, 2.75) is 35.5 Å². The van der Waals surface area contributed by atoms with Gasteiger partial charge in [0.15, 0.2) is 20.4 Å². The molecule has 0 bridgehead atoms. The molecular weight excluding hydrogens is 328 g/mol.